The summed E-state index contributed by atoms with van der Waals surface area (Å²) in [6, 6.07) is 8.77. The molecular formula is C16H17NO3. The predicted molar refractivity (Wildman–Crippen MR) is 76.6 cm³/mol. The Hall–Kier alpha value is -2.36. The summed E-state index contributed by atoms with van der Waals surface area (Å²) in [6.45, 7) is 5.89. The lowest BCUT2D eigenvalue weighted by atomic mass is 10.1. The van der Waals surface area contributed by atoms with Crippen molar-refractivity contribution in [2.75, 3.05) is 0 Å². The molecule has 2 aromatic rings. The first kappa shape index (κ1) is 14.1. The first-order valence-electron chi connectivity index (χ1n) is 6.49. The van der Waals surface area contributed by atoms with Gasteiger partial charge in [-0.2, -0.15) is 0 Å². The minimum atomic E-state index is -0.979. The zero-order valence-electron chi connectivity index (χ0n) is 11.8. The molecule has 0 spiro atoms. The second kappa shape index (κ2) is 5.74. The van der Waals surface area contributed by atoms with Crippen LogP contribution in [0.15, 0.2) is 30.3 Å². The van der Waals surface area contributed by atoms with Crippen LogP contribution in [-0.4, -0.2) is 16.1 Å². The number of nitrogens with zero attached hydrogens (tertiary/aromatic N) is 1. The Labute approximate surface area is 118 Å². The molecule has 0 aliphatic rings. The number of pyridine rings is 1. The zero-order valence-corrected chi connectivity index (χ0v) is 11.8. The van der Waals surface area contributed by atoms with Gasteiger partial charge in [0.15, 0.2) is 0 Å². The van der Waals surface area contributed by atoms with Crippen LogP contribution in [-0.2, 0) is 6.42 Å². The van der Waals surface area contributed by atoms with Gasteiger partial charge in [-0.25, -0.2) is 9.78 Å². The Balaban J connectivity index is 2.40. The van der Waals surface area contributed by atoms with Crippen LogP contribution in [0.3, 0.4) is 0 Å². The largest absolute Gasteiger partial charge is 0.478 e. The van der Waals surface area contributed by atoms with Crippen LogP contribution in [0, 0.1) is 13.8 Å². The van der Waals surface area contributed by atoms with E-state index in [1.807, 2.05) is 39.0 Å². The number of carbonyl (C=O) groups is 1. The van der Waals surface area contributed by atoms with E-state index < -0.39 is 5.97 Å². The van der Waals surface area contributed by atoms with Crippen LogP contribution >= 0.6 is 0 Å². The molecule has 0 bridgehead atoms. The SMILES string of the molecule is CCc1cc(C(=O)O)cc(Oc2cccc(C)c2C)n1. The molecule has 2 rings (SSSR count). The topological polar surface area (TPSA) is 59.4 Å². The summed E-state index contributed by atoms with van der Waals surface area (Å²) in [6.07, 6.45) is 0.657. The minimum absolute atomic E-state index is 0.192. The van der Waals surface area contributed by atoms with E-state index in [0.29, 0.717) is 23.7 Å². The molecule has 1 aromatic heterocycles. The van der Waals surface area contributed by atoms with Crippen molar-refractivity contribution in [3.63, 3.8) is 0 Å². The van der Waals surface area contributed by atoms with Gasteiger partial charge in [-0.3, -0.25) is 0 Å². The normalized spacial score (nSPS) is 10.3. The standard InChI is InChI=1S/C16H17NO3/c1-4-13-8-12(16(18)19)9-15(17-13)20-14-7-5-6-10(2)11(14)3/h5-9H,4H2,1-3H3,(H,18,19). The van der Waals surface area contributed by atoms with Crippen molar-refractivity contribution in [2.45, 2.75) is 27.2 Å². The fourth-order valence-corrected chi connectivity index (χ4v) is 1.86. The van der Waals surface area contributed by atoms with Gasteiger partial charge in [0.1, 0.15) is 5.75 Å². The van der Waals surface area contributed by atoms with Gasteiger partial charge in [-0.1, -0.05) is 19.1 Å². The maximum absolute atomic E-state index is 11.1. The Kier molecular flexibility index (Phi) is 4.03. The molecule has 104 valence electrons. The summed E-state index contributed by atoms with van der Waals surface area (Å²) < 4.78 is 5.75. The number of hydrogen-bond acceptors (Lipinski definition) is 3. The fraction of sp³-hybridized carbons (Fsp3) is 0.250. The summed E-state index contributed by atoms with van der Waals surface area (Å²) in [5.41, 5.74) is 3.03. The molecule has 0 atom stereocenters. The number of carboxylic acids is 1. The smallest absolute Gasteiger partial charge is 0.335 e. The second-order valence-corrected chi connectivity index (χ2v) is 4.64. The predicted octanol–water partition coefficient (Wildman–Crippen LogP) is 3.75. The van der Waals surface area contributed by atoms with Crippen molar-refractivity contribution in [3.8, 4) is 11.6 Å². The van der Waals surface area contributed by atoms with Crippen LogP contribution in [0.4, 0.5) is 0 Å². The lowest BCUT2D eigenvalue weighted by Crippen LogP contribution is -2.02. The van der Waals surface area contributed by atoms with E-state index in [-0.39, 0.29) is 5.56 Å². The molecule has 0 radical (unpaired) electrons. The van der Waals surface area contributed by atoms with Gasteiger partial charge < -0.3 is 9.84 Å². The number of benzene rings is 1. The Morgan fingerprint density at radius 1 is 1.30 bits per heavy atom. The fourth-order valence-electron chi connectivity index (χ4n) is 1.86. The summed E-state index contributed by atoms with van der Waals surface area (Å²) >= 11 is 0. The number of rotatable bonds is 4. The van der Waals surface area contributed by atoms with E-state index in [1.54, 1.807) is 6.07 Å². The van der Waals surface area contributed by atoms with E-state index >= 15 is 0 Å². The lowest BCUT2D eigenvalue weighted by Gasteiger charge is -2.11. The van der Waals surface area contributed by atoms with E-state index in [4.69, 9.17) is 9.84 Å². The number of hydrogen-bond donors (Lipinski definition) is 1. The second-order valence-electron chi connectivity index (χ2n) is 4.64. The van der Waals surface area contributed by atoms with Gasteiger partial charge in [0.25, 0.3) is 0 Å². The van der Waals surface area contributed by atoms with Crippen molar-refractivity contribution in [2.24, 2.45) is 0 Å². The summed E-state index contributed by atoms with van der Waals surface area (Å²) in [5, 5.41) is 9.11. The monoisotopic (exact) mass is 271 g/mol. The summed E-state index contributed by atoms with van der Waals surface area (Å²) in [7, 11) is 0. The number of aryl methyl sites for hydroxylation is 2. The highest BCUT2D eigenvalue weighted by Gasteiger charge is 2.10. The maximum Gasteiger partial charge on any atom is 0.335 e. The molecule has 0 unspecified atom stereocenters. The third-order valence-electron chi connectivity index (χ3n) is 3.23. The van der Waals surface area contributed by atoms with E-state index in [9.17, 15) is 4.79 Å². The first-order chi connectivity index (χ1) is 9.51. The van der Waals surface area contributed by atoms with Crippen molar-refractivity contribution in [3.05, 3.63) is 52.7 Å². The summed E-state index contributed by atoms with van der Waals surface area (Å²) in [5.74, 6) is 0.0328. The van der Waals surface area contributed by atoms with E-state index in [1.165, 1.54) is 6.07 Å². The Morgan fingerprint density at radius 2 is 2.05 bits per heavy atom. The van der Waals surface area contributed by atoms with Gasteiger partial charge >= 0.3 is 5.97 Å². The van der Waals surface area contributed by atoms with E-state index in [2.05, 4.69) is 4.98 Å². The van der Waals surface area contributed by atoms with Crippen molar-refractivity contribution in [1.29, 1.82) is 0 Å². The molecule has 0 saturated heterocycles. The number of aromatic carboxylic acids is 1. The molecule has 1 aromatic carbocycles. The van der Waals surface area contributed by atoms with Crippen LogP contribution in [0.1, 0.15) is 34.1 Å². The molecule has 4 nitrogen and oxygen atoms in total. The molecule has 0 amide bonds. The Bertz CT molecular complexity index is 650. The number of carboxylic acid groups (broad SMARTS) is 1. The van der Waals surface area contributed by atoms with E-state index in [0.717, 1.165) is 11.1 Å². The highest BCUT2D eigenvalue weighted by atomic mass is 16.5. The third kappa shape index (κ3) is 2.96. The average Bonchev–Trinajstić information content (AvgIpc) is 2.43. The number of aromatic nitrogens is 1. The van der Waals surface area contributed by atoms with Crippen LogP contribution in [0.5, 0.6) is 11.6 Å². The highest BCUT2D eigenvalue weighted by Crippen LogP contribution is 2.26. The molecule has 1 N–H and O–H groups in total. The van der Waals surface area contributed by atoms with Crippen molar-refractivity contribution in [1.82, 2.24) is 4.98 Å². The van der Waals surface area contributed by atoms with Crippen LogP contribution < -0.4 is 4.74 Å². The molecule has 0 aliphatic carbocycles. The molecule has 1 heterocycles. The van der Waals surface area contributed by atoms with Gasteiger partial charge in [0, 0.05) is 11.8 Å². The van der Waals surface area contributed by atoms with Crippen molar-refractivity contribution >= 4 is 5.97 Å². The number of ether oxygens (including phenoxy) is 1. The van der Waals surface area contributed by atoms with Gasteiger partial charge in [-0.15, -0.1) is 0 Å². The van der Waals surface area contributed by atoms with Crippen LogP contribution in [0.2, 0.25) is 0 Å². The lowest BCUT2D eigenvalue weighted by molar-refractivity contribution is 0.0696. The highest BCUT2D eigenvalue weighted by molar-refractivity contribution is 5.88. The maximum atomic E-state index is 11.1. The third-order valence-corrected chi connectivity index (χ3v) is 3.23. The van der Waals surface area contributed by atoms with Gasteiger partial charge in [0.05, 0.1) is 5.56 Å². The molecule has 0 aliphatic heterocycles. The van der Waals surface area contributed by atoms with Gasteiger partial charge in [0.2, 0.25) is 5.88 Å². The average molecular weight is 271 g/mol. The van der Waals surface area contributed by atoms with Crippen LogP contribution in [0.25, 0.3) is 0 Å². The summed E-state index contributed by atoms with van der Waals surface area (Å²) in [4.78, 5) is 15.4. The molecular weight excluding hydrogens is 254 g/mol. The quantitative estimate of drug-likeness (QED) is 0.920. The van der Waals surface area contributed by atoms with Crippen molar-refractivity contribution < 1.29 is 14.6 Å². The zero-order chi connectivity index (χ0) is 14.7. The molecule has 4 heteroatoms. The minimum Gasteiger partial charge on any atom is -0.478 e. The first-order valence-corrected chi connectivity index (χ1v) is 6.49. The van der Waals surface area contributed by atoms with Gasteiger partial charge in [-0.05, 0) is 43.5 Å². The Morgan fingerprint density at radius 3 is 2.70 bits per heavy atom. The molecule has 0 fully saturated rings. The molecule has 20 heavy (non-hydrogen) atoms. The molecule has 0 saturated carbocycles.